The maximum absolute atomic E-state index is 13.6. The molecule has 0 unspecified atom stereocenters. The summed E-state index contributed by atoms with van der Waals surface area (Å²) in [4.78, 5) is 2.02. The van der Waals surface area contributed by atoms with Crippen LogP contribution in [0.15, 0.2) is 42.5 Å². The summed E-state index contributed by atoms with van der Waals surface area (Å²) < 4.78 is 19.9. The van der Waals surface area contributed by atoms with Gasteiger partial charge in [0.15, 0.2) is 10.8 Å². The van der Waals surface area contributed by atoms with E-state index < -0.39 is 5.72 Å². The van der Waals surface area contributed by atoms with E-state index in [2.05, 4.69) is 43.4 Å². The van der Waals surface area contributed by atoms with Gasteiger partial charge in [-0.3, -0.25) is 4.90 Å². The molecule has 0 amide bonds. The molecule has 1 saturated heterocycles. The number of nitrogens with zero attached hydrogens (tertiary/aromatic N) is 1. The van der Waals surface area contributed by atoms with Gasteiger partial charge in [-0.15, -0.1) is 0 Å². The molecule has 0 aliphatic carbocycles. The van der Waals surface area contributed by atoms with Crippen molar-refractivity contribution >= 4 is 23.0 Å². The zero-order valence-electron chi connectivity index (χ0n) is 14.5. The zero-order chi connectivity index (χ0) is 17.8. The van der Waals surface area contributed by atoms with E-state index in [0.29, 0.717) is 23.2 Å². The summed E-state index contributed by atoms with van der Waals surface area (Å²) in [5.74, 6) is 0.928. The maximum Gasteiger partial charge on any atom is 0.188 e. The second-order valence-corrected chi connectivity index (χ2v) is 7.63. The van der Waals surface area contributed by atoms with Crippen molar-refractivity contribution in [3.05, 3.63) is 59.4 Å². The summed E-state index contributed by atoms with van der Waals surface area (Å²) >= 11 is 5.62. The molecule has 4 rings (SSSR count). The second kappa shape index (κ2) is 5.70. The van der Waals surface area contributed by atoms with E-state index in [4.69, 9.17) is 17.0 Å². The monoisotopic (exact) mass is 356 g/mol. The number of thiocarbonyl (C=S) groups is 1. The lowest BCUT2D eigenvalue weighted by molar-refractivity contribution is 0.0495. The molecule has 5 heteroatoms. The third kappa shape index (κ3) is 2.67. The van der Waals surface area contributed by atoms with Crippen LogP contribution in [0.3, 0.4) is 0 Å². The Morgan fingerprint density at radius 2 is 1.96 bits per heavy atom. The summed E-state index contributed by atoms with van der Waals surface area (Å²) in [7, 11) is 0. The van der Waals surface area contributed by atoms with Crippen molar-refractivity contribution in [2.24, 2.45) is 0 Å². The fraction of sp³-hybridized carbons (Fsp3) is 0.350. The molecule has 130 valence electrons. The van der Waals surface area contributed by atoms with Crippen LogP contribution < -0.4 is 15.0 Å². The molecular formula is C20H21FN2OS. The highest BCUT2D eigenvalue weighted by atomic mass is 32.1. The Hall–Kier alpha value is -2.14. The molecule has 1 fully saturated rings. The Kier molecular flexibility index (Phi) is 3.72. The van der Waals surface area contributed by atoms with Crippen molar-refractivity contribution in [3.8, 4) is 5.75 Å². The summed E-state index contributed by atoms with van der Waals surface area (Å²) in [5.41, 5.74) is 2.51. The second-order valence-electron chi connectivity index (χ2n) is 7.25. The van der Waals surface area contributed by atoms with Crippen LogP contribution in [0, 0.1) is 5.82 Å². The summed E-state index contributed by atoms with van der Waals surface area (Å²) in [5, 5.41) is 3.96. The first-order valence-corrected chi connectivity index (χ1v) is 8.97. The largest absolute Gasteiger partial charge is 0.467 e. The first-order chi connectivity index (χ1) is 11.9. The minimum atomic E-state index is -0.600. The Morgan fingerprint density at radius 1 is 1.24 bits per heavy atom. The lowest BCUT2D eigenvalue weighted by Gasteiger charge is -2.52. The van der Waals surface area contributed by atoms with Crippen LogP contribution in [-0.4, -0.2) is 10.8 Å². The third-order valence-electron chi connectivity index (χ3n) is 5.05. The lowest BCUT2D eigenvalue weighted by atomic mass is 9.90. The summed E-state index contributed by atoms with van der Waals surface area (Å²) in [6, 6.07) is 13.0. The van der Waals surface area contributed by atoms with Crippen molar-refractivity contribution in [3.63, 3.8) is 0 Å². The van der Waals surface area contributed by atoms with Gasteiger partial charge in [0.2, 0.25) is 0 Å². The van der Waals surface area contributed by atoms with E-state index in [1.165, 1.54) is 17.7 Å². The maximum atomic E-state index is 13.6. The van der Waals surface area contributed by atoms with Gasteiger partial charge < -0.3 is 10.1 Å². The van der Waals surface area contributed by atoms with Crippen LogP contribution in [0.4, 0.5) is 10.1 Å². The Balaban J connectivity index is 1.73. The van der Waals surface area contributed by atoms with Crippen LogP contribution in [0.25, 0.3) is 0 Å². The van der Waals surface area contributed by atoms with Crippen molar-refractivity contribution in [1.82, 2.24) is 5.32 Å². The van der Waals surface area contributed by atoms with Gasteiger partial charge in [-0.05, 0) is 61.0 Å². The number of anilines is 1. The number of nitrogens with one attached hydrogen (secondary N) is 1. The van der Waals surface area contributed by atoms with Gasteiger partial charge in [0, 0.05) is 17.7 Å². The fourth-order valence-electron chi connectivity index (χ4n) is 3.74. The predicted molar refractivity (Wildman–Crippen MR) is 102 cm³/mol. The zero-order valence-corrected chi connectivity index (χ0v) is 15.4. The highest BCUT2D eigenvalue weighted by Gasteiger charge is 2.48. The minimum absolute atomic E-state index is 0.0388. The van der Waals surface area contributed by atoms with Crippen molar-refractivity contribution in [1.29, 1.82) is 0 Å². The van der Waals surface area contributed by atoms with E-state index in [-0.39, 0.29) is 11.9 Å². The number of halogens is 1. The number of benzene rings is 2. The van der Waals surface area contributed by atoms with E-state index in [9.17, 15) is 4.39 Å². The molecule has 0 radical (unpaired) electrons. The Morgan fingerprint density at radius 3 is 2.64 bits per heavy atom. The molecule has 2 bridgehead atoms. The molecule has 0 aromatic heterocycles. The van der Waals surface area contributed by atoms with E-state index in [0.717, 1.165) is 11.3 Å². The molecule has 2 aliphatic heterocycles. The fourth-order valence-corrected chi connectivity index (χ4v) is 4.19. The number of ether oxygens (including phenoxy) is 1. The number of fused-ring (bicyclic) bond motifs is 4. The molecule has 2 aromatic rings. The number of hydrogen-bond acceptors (Lipinski definition) is 2. The first-order valence-electron chi connectivity index (χ1n) is 8.56. The molecule has 3 nitrogen and oxygen atoms in total. The molecular weight excluding hydrogens is 335 g/mol. The van der Waals surface area contributed by atoms with Crippen LogP contribution in [0.5, 0.6) is 5.75 Å². The summed E-state index contributed by atoms with van der Waals surface area (Å²) in [6.45, 7) is 6.39. The molecule has 2 atom stereocenters. The van der Waals surface area contributed by atoms with Crippen LogP contribution in [0.1, 0.15) is 50.3 Å². The van der Waals surface area contributed by atoms with Crippen LogP contribution in [-0.2, 0) is 0 Å². The third-order valence-corrected chi connectivity index (χ3v) is 5.35. The van der Waals surface area contributed by atoms with Crippen molar-refractivity contribution in [2.75, 3.05) is 4.90 Å². The van der Waals surface area contributed by atoms with Gasteiger partial charge in [-0.25, -0.2) is 4.39 Å². The summed E-state index contributed by atoms with van der Waals surface area (Å²) in [6.07, 6.45) is 0.690. The lowest BCUT2D eigenvalue weighted by Crippen LogP contribution is -2.65. The van der Waals surface area contributed by atoms with Gasteiger partial charge in [0.1, 0.15) is 11.6 Å². The van der Waals surface area contributed by atoms with Gasteiger partial charge in [-0.2, -0.15) is 0 Å². The highest BCUT2D eigenvalue weighted by molar-refractivity contribution is 7.80. The SMILES string of the molecule is CC(C)c1ccc(N2C(=S)N[C@H]3C[C@]2(C)Oc2ccc(F)cc23)cc1. The highest BCUT2D eigenvalue weighted by Crippen LogP contribution is 2.45. The van der Waals surface area contributed by atoms with Gasteiger partial charge in [0.25, 0.3) is 0 Å². The van der Waals surface area contributed by atoms with E-state index in [1.807, 2.05) is 11.8 Å². The Labute approximate surface area is 152 Å². The normalized spacial score (nSPS) is 24.6. The molecule has 2 aromatic carbocycles. The predicted octanol–water partition coefficient (Wildman–Crippen LogP) is 4.88. The Bertz CT molecular complexity index is 836. The van der Waals surface area contributed by atoms with E-state index in [1.54, 1.807) is 6.07 Å². The molecule has 0 spiro atoms. The standard InChI is InChI=1S/C20H21FN2OS/c1-12(2)13-4-7-15(8-5-13)23-19(25)22-17-11-20(23,3)24-18-9-6-14(21)10-16(17)18/h4-10,12,17H,11H2,1-3H3,(H,22,25)/t17-,20-/m0/s1. The van der Waals surface area contributed by atoms with Crippen LogP contribution >= 0.6 is 12.2 Å². The minimum Gasteiger partial charge on any atom is -0.467 e. The quantitative estimate of drug-likeness (QED) is 0.775. The average molecular weight is 356 g/mol. The van der Waals surface area contributed by atoms with Crippen molar-refractivity contribution in [2.45, 2.75) is 44.9 Å². The molecule has 2 heterocycles. The van der Waals surface area contributed by atoms with Gasteiger partial charge >= 0.3 is 0 Å². The average Bonchev–Trinajstić information content (AvgIpc) is 2.55. The topological polar surface area (TPSA) is 24.5 Å². The molecule has 0 saturated carbocycles. The van der Waals surface area contributed by atoms with Gasteiger partial charge in [0.05, 0.1) is 6.04 Å². The molecule has 1 N–H and O–H groups in total. The van der Waals surface area contributed by atoms with E-state index >= 15 is 0 Å². The molecule has 2 aliphatic rings. The number of hydrogen-bond donors (Lipinski definition) is 1. The first kappa shape index (κ1) is 16.3. The molecule has 25 heavy (non-hydrogen) atoms. The van der Waals surface area contributed by atoms with Gasteiger partial charge in [-0.1, -0.05) is 26.0 Å². The van der Waals surface area contributed by atoms with Crippen LogP contribution in [0.2, 0.25) is 0 Å². The smallest absolute Gasteiger partial charge is 0.188 e. The number of rotatable bonds is 2. The van der Waals surface area contributed by atoms with Crippen molar-refractivity contribution < 1.29 is 9.13 Å².